The van der Waals surface area contributed by atoms with Gasteiger partial charge >= 0.3 is 0 Å². The van der Waals surface area contributed by atoms with Crippen molar-refractivity contribution < 1.29 is 0 Å². The summed E-state index contributed by atoms with van der Waals surface area (Å²) in [4.78, 5) is 0. The van der Waals surface area contributed by atoms with Crippen molar-refractivity contribution in [3.63, 3.8) is 0 Å². The van der Waals surface area contributed by atoms with Crippen LogP contribution in [0.1, 0.15) is 12.8 Å². The first-order valence-corrected chi connectivity index (χ1v) is 3.93. The molecule has 0 saturated heterocycles. The number of rotatable bonds is 3. The van der Waals surface area contributed by atoms with Gasteiger partial charge in [0.2, 0.25) is 0 Å². The molecular formula is C4H7Br2. The zero-order valence-electron chi connectivity index (χ0n) is 3.45. The van der Waals surface area contributed by atoms with Gasteiger partial charge in [-0.15, -0.1) is 0 Å². The average Bonchev–Trinajstić information content (AvgIpc) is 1.61. The Morgan fingerprint density at radius 3 is 2.33 bits per heavy atom. The monoisotopic (exact) mass is 213 g/mol. The Balaban J connectivity index is 2.34. The van der Waals surface area contributed by atoms with Crippen molar-refractivity contribution >= 4 is 31.9 Å². The molecule has 6 heavy (non-hydrogen) atoms. The van der Waals surface area contributed by atoms with Crippen LogP contribution in [0.25, 0.3) is 0 Å². The number of alkyl halides is 1. The predicted molar refractivity (Wildman–Crippen MR) is 36.3 cm³/mol. The van der Waals surface area contributed by atoms with Crippen LogP contribution >= 0.6 is 31.9 Å². The van der Waals surface area contributed by atoms with Gasteiger partial charge in [0.05, 0.1) is 0 Å². The van der Waals surface area contributed by atoms with Crippen LogP contribution in [0.5, 0.6) is 0 Å². The van der Waals surface area contributed by atoms with E-state index in [-0.39, 0.29) is 0 Å². The minimum atomic E-state index is 1.11. The summed E-state index contributed by atoms with van der Waals surface area (Å²) in [6.07, 6.45) is 2.39. The van der Waals surface area contributed by atoms with Crippen LogP contribution in [-0.2, 0) is 0 Å². The molecule has 1 radical (unpaired) electrons. The van der Waals surface area contributed by atoms with Gasteiger partial charge in [-0.05, 0) is 12.8 Å². The summed E-state index contributed by atoms with van der Waals surface area (Å²) < 4.78 is 0. The maximum atomic E-state index is 3.31. The van der Waals surface area contributed by atoms with E-state index in [1.165, 1.54) is 6.42 Å². The predicted octanol–water partition coefficient (Wildman–Crippen LogP) is 2.72. The first-order valence-electron chi connectivity index (χ1n) is 1.89. The third-order valence-electron chi connectivity index (χ3n) is 0.447. The second-order valence-corrected chi connectivity index (χ2v) is 2.43. The van der Waals surface area contributed by atoms with Crippen molar-refractivity contribution in [3.05, 3.63) is 5.33 Å². The molecule has 0 aromatic heterocycles. The fourth-order valence-corrected chi connectivity index (χ4v) is 0.802. The summed E-state index contributed by atoms with van der Waals surface area (Å²) in [6, 6.07) is 0. The topological polar surface area (TPSA) is 0 Å². The molecule has 0 aliphatic heterocycles. The fourth-order valence-electron chi connectivity index (χ4n) is 0.154. The summed E-state index contributed by atoms with van der Waals surface area (Å²) in [7, 11) is 0. The lowest BCUT2D eigenvalue weighted by Gasteiger charge is -1.83. The number of unbranched alkanes of at least 4 members (excludes halogenated alkanes) is 1. The van der Waals surface area contributed by atoms with Crippen molar-refractivity contribution in [2.45, 2.75) is 12.8 Å². The molecule has 0 unspecified atom stereocenters. The first kappa shape index (κ1) is 6.96. The molecule has 0 nitrogen and oxygen atoms in total. The van der Waals surface area contributed by atoms with Gasteiger partial charge in [-0.3, -0.25) is 0 Å². The maximum Gasteiger partial charge on any atom is 0.0271 e. The lowest BCUT2D eigenvalue weighted by Crippen LogP contribution is -1.68. The molecule has 0 heterocycles. The third kappa shape index (κ3) is 4.96. The van der Waals surface area contributed by atoms with E-state index in [9.17, 15) is 0 Å². The van der Waals surface area contributed by atoms with Crippen LogP contribution < -0.4 is 0 Å². The van der Waals surface area contributed by atoms with Crippen LogP contribution in [0, 0.1) is 5.33 Å². The van der Waals surface area contributed by atoms with Crippen LogP contribution in [0.4, 0.5) is 0 Å². The summed E-state index contributed by atoms with van der Waals surface area (Å²) in [6.45, 7) is 0. The highest BCUT2D eigenvalue weighted by atomic mass is 79.9. The van der Waals surface area contributed by atoms with Gasteiger partial charge < -0.3 is 0 Å². The second-order valence-electron chi connectivity index (χ2n) is 0.986. The second kappa shape index (κ2) is 5.96. The Kier molecular flexibility index (Phi) is 6.91. The van der Waals surface area contributed by atoms with Gasteiger partial charge in [0.25, 0.3) is 0 Å². The molecule has 0 aliphatic carbocycles. The molecule has 2 heteroatoms. The molecule has 0 spiro atoms. The minimum absolute atomic E-state index is 1.11. The molecule has 37 valence electrons. The molecule has 0 N–H and O–H groups in total. The van der Waals surface area contributed by atoms with Crippen LogP contribution in [0.15, 0.2) is 0 Å². The van der Waals surface area contributed by atoms with Crippen molar-refractivity contribution in [1.29, 1.82) is 0 Å². The van der Waals surface area contributed by atoms with E-state index in [2.05, 4.69) is 31.9 Å². The Morgan fingerprint density at radius 2 is 2.17 bits per heavy atom. The summed E-state index contributed by atoms with van der Waals surface area (Å²) in [5, 5.41) is 3.10. The fraction of sp³-hybridized carbons (Fsp3) is 0.750. The number of hydrogen-bond acceptors (Lipinski definition) is 0. The van der Waals surface area contributed by atoms with E-state index < -0.39 is 0 Å². The van der Waals surface area contributed by atoms with E-state index in [4.69, 9.17) is 0 Å². The van der Waals surface area contributed by atoms with E-state index in [1.807, 2.05) is 5.33 Å². The van der Waals surface area contributed by atoms with Crippen LogP contribution in [0.2, 0.25) is 0 Å². The van der Waals surface area contributed by atoms with Crippen molar-refractivity contribution in [2.75, 3.05) is 5.33 Å². The largest absolute Gasteiger partial charge is 0.0928 e. The highest BCUT2D eigenvalue weighted by molar-refractivity contribution is 9.10. The molecule has 0 bridgehead atoms. The molecule has 0 aromatic carbocycles. The van der Waals surface area contributed by atoms with Gasteiger partial charge in [-0.2, -0.15) is 0 Å². The molecule has 0 fully saturated rings. The van der Waals surface area contributed by atoms with Crippen LogP contribution in [0.3, 0.4) is 0 Å². The Bertz CT molecular complexity index is 17.5. The molecule has 0 saturated carbocycles. The molecule has 0 atom stereocenters. The SMILES string of the molecule is Br[CH]CCCBr. The van der Waals surface area contributed by atoms with E-state index >= 15 is 0 Å². The lowest BCUT2D eigenvalue weighted by molar-refractivity contribution is 0.968. The van der Waals surface area contributed by atoms with Gasteiger partial charge in [0.15, 0.2) is 0 Å². The van der Waals surface area contributed by atoms with Gasteiger partial charge in [0.1, 0.15) is 0 Å². The lowest BCUT2D eigenvalue weighted by atomic mass is 10.4. The van der Waals surface area contributed by atoms with Gasteiger partial charge in [-0.25, -0.2) is 0 Å². The number of halogens is 2. The normalized spacial score (nSPS) is 9.00. The summed E-state index contributed by atoms with van der Waals surface area (Å²) in [5.41, 5.74) is 0. The average molecular weight is 215 g/mol. The highest BCUT2D eigenvalue weighted by Gasteiger charge is 1.78. The minimum Gasteiger partial charge on any atom is -0.0928 e. The van der Waals surface area contributed by atoms with Crippen molar-refractivity contribution in [2.24, 2.45) is 0 Å². The molecule has 0 aliphatic rings. The molecule has 0 amide bonds. The van der Waals surface area contributed by atoms with Gasteiger partial charge in [-0.1, -0.05) is 31.9 Å². The smallest absolute Gasteiger partial charge is 0.0271 e. The Hall–Kier alpha value is 0.960. The van der Waals surface area contributed by atoms with E-state index in [1.54, 1.807) is 0 Å². The number of hydrogen-bond donors (Lipinski definition) is 0. The van der Waals surface area contributed by atoms with E-state index in [0.717, 1.165) is 11.8 Å². The maximum absolute atomic E-state index is 3.31. The Labute approximate surface area is 55.6 Å². The summed E-state index contributed by atoms with van der Waals surface area (Å²) in [5.74, 6) is 0. The molecule has 0 rings (SSSR count). The first-order chi connectivity index (χ1) is 2.91. The molecule has 0 aromatic rings. The highest BCUT2D eigenvalue weighted by Crippen LogP contribution is 2.00. The van der Waals surface area contributed by atoms with Crippen molar-refractivity contribution in [1.82, 2.24) is 0 Å². The quantitative estimate of drug-likeness (QED) is 0.501. The molecular weight excluding hydrogens is 208 g/mol. The van der Waals surface area contributed by atoms with Gasteiger partial charge in [0, 0.05) is 10.7 Å². The summed E-state index contributed by atoms with van der Waals surface area (Å²) >= 11 is 6.51. The zero-order valence-corrected chi connectivity index (χ0v) is 6.63. The zero-order chi connectivity index (χ0) is 4.83. The van der Waals surface area contributed by atoms with Crippen molar-refractivity contribution in [3.8, 4) is 0 Å². The standard InChI is InChI=1S/C4H7Br2/c5-3-1-2-4-6/h3H,1-2,4H2. The Morgan fingerprint density at radius 1 is 1.50 bits per heavy atom. The van der Waals surface area contributed by atoms with Crippen LogP contribution in [-0.4, -0.2) is 5.33 Å². The van der Waals surface area contributed by atoms with E-state index in [0.29, 0.717) is 0 Å². The third-order valence-corrected chi connectivity index (χ3v) is 1.47.